The van der Waals surface area contributed by atoms with Crippen LogP contribution < -0.4 is 4.74 Å². The van der Waals surface area contributed by atoms with Gasteiger partial charge in [0.05, 0.1) is 18.6 Å². The highest BCUT2D eigenvalue weighted by atomic mass is 19.4. The number of aliphatic hydroxyl groups is 2. The number of rotatable bonds is 4. The summed E-state index contributed by atoms with van der Waals surface area (Å²) in [6.45, 7) is 0. The van der Waals surface area contributed by atoms with E-state index in [-0.39, 0.29) is 12.0 Å². The molecule has 0 aromatic heterocycles. The third-order valence-electron chi connectivity index (χ3n) is 2.10. The number of hydrogen-bond acceptors (Lipinski definition) is 4. The Kier molecular flexibility index (Phi) is 4.53. The number of hydrogen-bond donors (Lipinski definition) is 2. The first-order valence-electron chi connectivity index (χ1n) is 4.92. The molecule has 18 heavy (non-hydrogen) atoms. The Morgan fingerprint density at radius 1 is 1.33 bits per heavy atom. The van der Waals surface area contributed by atoms with E-state index in [1.165, 1.54) is 12.1 Å². The van der Waals surface area contributed by atoms with E-state index in [4.69, 9.17) is 5.26 Å². The molecule has 0 fully saturated rings. The van der Waals surface area contributed by atoms with E-state index in [9.17, 15) is 23.4 Å². The first-order chi connectivity index (χ1) is 8.33. The van der Waals surface area contributed by atoms with E-state index >= 15 is 0 Å². The summed E-state index contributed by atoms with van der Waals surface area (Å²) >= 11 is 0. The number of benzene rings is 1. The van der Waals surface area contributed by atoms with Gasteiger partial charge in [0, 0.05) is 0 Å². The molecule has 2 unspecified atom stereocenters. The third-order valence-corrected chi connectivity index (χ3v) is 2.10. The van der Waals surface area contributed by atoms with Gasteiger partial charge in [-0.25, -0.2) is 0 Å². The lowest BCUT2D eigenvalue weighted by Crippen LogP contribution is -2.19. The molecule has 0 aliphatic heterocycles. The van der Waals surface area contributed by atoms with Crippen LogP contribution in [0.4, 0.5) is 13.2 Å². The predicted octanol–water partition coefficient (Wildman–Crippen LogP) is 1.89. The molecule has 0 aliphatic rings. The van der Waals surface area contributed by atoms with Crippen LogP contribution in [0.2, 0.25) is 0 Å². The molecule has 0 saturated heterocycles. The molecule has 2 atom stereocenters. The van der Waals surface area contributed by atoms with E-state index in [0.29, 0.717) is 0 Å². The second kappa shape index (κ2) is 5.71. The number of halogens is 3. The lowest BCUT2D eigenvalue weighted by atomic mass is 10.0. The van der Waals surface area contributed by atoms with Crippen molar-refractivity contribution < 1.29 is 28.1 Å². The molecule has 0 spiro atoms. The quantitative estimate of drug-likeness (QED) is 0.868. The molecule has 0 saturated carbocycles. The van der Waals surface area contributed by atoms with E-state index in [2.05, 4.69) is 4.74 Å². The van der Waals surface area contributed by atoms with Crippen molar-refractivity contribution in [3.63, 3.8) is 0 Å². The van der Waals surface area contributed by atoms with E-state index < -0.39 is 24.3 Å². The molecular weight excluding hydrogens is 251 g/mol. The Morgan fingerprint density at radius 3 is 2.56 bits per heavy atom. The highest BCUT2D eigenvalue weighted by Crippen LogP contribution is 2.27. The van der Waals surface area contributed by atoms with Crippen LogP contribution in [-0.2, 0) is 0 Å². The van der Waals surface area contributed by atoms with Gasteiger partial charge in [0.25, 0.3) is 0 Å². The van der Waals surface area contributed by atoms with Gasteiger partial charge in [0.2, 0.25) is 0 Å². The van der Waals surface area contributed by atoms with E-state index in [1.807, 2.05) is 0 Å². The van der Waals surface area contributed by atoms with Crippen molar-refractivity contribution in [2.45, 2.75) is 25.0 Å². The second-order valence-corrected chi connectivity index (χ2v) is 3.49. The van der Waals surface area contributed by atoms with Crippen LogP contribution in [0.25, 0.3) is 0 Å². The van der Waals surface area contributed by atoms with Crippen molar-refractivity contribution in [2.24, 2.45) is 0 Å². The highest BCUT2D eigenvalue weighted by molar-refractivity contribution is 5.30. The highest BCUT2D eigenvalue weighted by Gasteiger charge is 2.31. The van der Waals surface area contributed by atoms with Crippen LogP contribution in [-0.4, -0.2) is 22.7 Å². The largest absolute Gasteiger partial charge is 0.573 e. The molecule has 1 rings (SSSR count). The van der Waals surface area contributed by atoms with Gasteiger partial charge in [-0.2, -0.15) is 5.26 Å². The van der Waals surface area contributed by atoms with Gasteiger partial charge in [0.1, 0.15) is 11.9 Å². The molecule has 1 aromatic rings. The summed E-state index contributed by atoms with van der Waals surface area (Å²) < 4.78 is 39.6. The van der Waals surface area contributed by atoms with Gasteiger partial charge >= 0.3 is 6.36 Å². The fourth-order valence-electron chi connectivity index (χ4n) is 1.32. The zero-order valence-electron chi connectivity index (χ0n) is 9.05. The van der Waals surface area contributed by atoms with Gasteiger partial charge < -0.3 is 14.9 Å². The fourth-order valence-corrected chi connectivity index (χ4v) is 1.32. The minimum atomic E-state index is -4.82. The molecule has 98 valence electrons. The van der Waals surface area contributed by atoms with Crippen LogP contribution in [0.15, 0.2) is 24.3 Å². The average Bonchev–Trinajstić information content (AvgIpc) is 2.26. The van der Waals surface area contributed by atoms with Crippen molar-refractivity contribution in [3.05, 3.63) is 29.8 Å². The van der Waals surface area contributed by atoms with Gasteiger partial charge in [-0.3, -0.25) is 0 Å². The molecule has 0 aliphatic carbocycles. The van der Waals surface area contributed by atoms with Crippen LogP contribution in [0.1, 0.15) is 18.1 Å². The molecule has 0 bridgehead atoms. The van der Waals surface area contributed by atoms with Gasteiger partial charge in [0.15, 0.2) is 0 Å². The molecule has 0 heterocycles. The Morgan fingerprint density at radius 2 is 2.00 bits per heavy atom. The van der Waals surface area contributed by atoms with Crippen molar-refractivity contribution >= 4 is 0 Å². The number of ether oxygens (including phenoxy) is 1. The molecule has 0 radical (unpaired) electrons. The SMILES string of the molecule is N#CCC(O)C(O)c1cccc(OC(F)(F)F)c1. The summed E-state index contributed by atoms with van der Waals surface area (Å²) in [7, 11) is 0. The predicted molar refractivity (Wildman–Crippen MR) is 54.3 cm³/mol. The Hall–Kier alpha value is -1.78. The number of alkyl halides is 3. The van der Waals surface area contributed by atoms with Crippen molar-refractivity contribution in [2.75, 3.05) is 0 Å². The smallest absolute Gasteiger partial charge is 0.406 e. The summed E-state index contributed by atoms with van der Waals surface area (Å²) in [6, 6.07) is 6.25. The number of nitrogens with zero attached hydrogens (tertiary/aromatic N) is 1. The normalized spacial score (nSPS) is 14.7. The Balaban J connectivity index is 2.85. The van der Waals surface area contributed by atoms with Crippen molar-refractivity contribution in [3.8, 4) is 11.8 Å². The van der Waals surface area contributed by atoms with Crippen LogP contribution in [0.3, 0.4) is 0 Å². The zero-order valence-corrected chi connectivity index (χ0v) is 9.05. The minimum Gasteiger partial charge on any atom is -0.406 e. The maximum absolute atomic E-state index is 12.0. The van der Waals surface area contributed by atoms with Crippen LogP contribution >= 0.6 is 0 Å². The summed E-state index contributed by atoms with van der Waals surface area (Å²) in [4.78, 5) is 0. The first-order valence-corrected chi connectivity index (χ1v) is 4.92. The van der Waals surface area contributed by atoms with Crippen molar-refractivity contribution in [1.29, 1.82) is 5.26 Å². The summed E-state index contributed by atoms with van der Waals surface area (Å²) in [6.07, 6.45) is -7.96. The lowest BCUT2D eigenvalue weighted by Gasteiger charge is -2.16. The average molecular weight is 261 g/mol. The van der Waals surface area contributed by atoms with E-state index in [0.717, 1.165) is 12.1 Å². The maximum atomic E-state index is 12.0. The third kappa shape index (κ3) is 4.24. The van der Waals surface area contributed by atoms with Gasteiger partial charge in [-0.15, -0.1) is 13.2 Å². The summed E-state index contributed by atoms with van der Waals surface area (Å²) in [5, 5.41) is 27.3. The molecule has 1 aromatic carbocycles. The van der Waals surface area contributed by atoms with Crippen LogP contribution in [0, 0.1) is 11.3 Å². The minimum absolute atomic E-state index is 0.0412. The zero-order chi connectivity index (χ0) is 13.8. The second-order valence-electron chi connectivity index (χ2n) is 3.49. The first kappa shape index (κ1) is 14.3. The molecular formula is C11H10F3NO3. The van der Waals surface area contributed by atoms with Crippen molar-refractivity contribution in [1.82, 2.24) is 0 Å². The molecule has 0 amide bonds. The lowest BCUT2D eigenvalue weighted by molar-refractivity contribution is -0.274. The van der Waals surface area contributed by atoms with Gasteiger partial charge in [-0.1, -0.05) is 12.1 Å². The standard InChI is InChI=1S/C11H10F3NO3/c12-11(13,14)18-8-3-1-2-7(6-8)10(17)9(16)4-5-15/h1-3,6,9-10,16-17H,4H2. The number of nitriles is 1. The maximum Gasteiger partial charge on any atom is 0.573 e. The molecule has 4 nitrogen and oxygen atoms in total. The number of aliphatic hydroxyl groups excluding tert-OH is 2. The monoisotopic (exact) mass is 261 g/mol. The Bertz CT molecular complexity index is 442. The molecule has 7 heteroatoms. The van der Waals surface area contributed by atoms with E-state index in [1.54, 1.807) is 6.07 Å². The molecule has 2 N–H and O–H groups in total. The summed E-state index contributed by atoms with van der Waals surface area (Å²) in [5.41, 5.74) is 0.0412. The van der Waals surface area contributed by atoms with Crippen LogP contribution in [0.5, 0.6) is 5.75 Å². The van der Waals surface area contributed by atoms with Gasteiger partial charge in [-0.05, 0) is 17.7 Å². The topological polar surface area (TPSA) is 73.5 Å². The summed E-state index contributed by atoms with van der Waals surface area (Å²) in [5.74, 6) is -0.497. The fraction of sp³-hybridized carbons (Fsp3) is 0.364. The Labute approximate surface area is 101 Å².